The van der Waals surface area contributed by atoms with Gasteiger partial charge in [-0.25, -0.2) is 4.79 Å². The van der Waals surface area contributed by atoms with Crippen LogP contribution in [0.15, 0.2) is 24.3 Å². The normalized spacial score (nSPS) is 9.20. The largest absolute Gasteiger partial charge is 0.459 e. The number of allylic oxidation sites excluding steroid dienone is 1. The van der Waals surface area contributed by atoms with Crippen molar-refractivity contribution in [3.63, 3.8) is 0 Å². The topological polar surface area (TPSA) is 60.4 Å². The van der Waals surface area contributed by atoms with E-state index in [4.69, 9.17) is 0 Å². The summed E-state index contributed by atoms with van der Waals surface area (Å²) in [6, 6.07) is 0. The van der Waals surface area contributed by atoms with Crippen LogP contribution in [0.25, 0.3) is 0 Å². The highest BCUT2D eigenvalue weighted by Gasteiger charge is 2.16. The fraction of sp³-hybridized carbons (Fsp3) is 0.364. The Bertz CT molecular complexity index is 325. The van der Waals surface area contributed by atoms with E-state index >= 15 is 0 Å². The molecule has 0 atom stereocenters. The van der Waals surface area contributed by atoms with Crippen LogP contribution in [-0.4, -0.2) is 24.1 Å². The Morgan fingerprint density at radius 3 is 2.00 bits per heavy atom. The number of ether oxygens (including phenoxy) is 1. The minimum atomic E-state index is -0.975. The fourth-order valence-corrected chi connectivity index (χ4v) is 0.690. The van der Waals surface area contributed by atoms with Gasteiger partial charge in [-0.05, 0) is 25.0 Å². The quantitative estimate of drug-likeness (QED) is 0.375. The van der Waals surface area contributed by atoms with Crippen LogP contribution in [0, 0.1) is 0 Å². The van der Waals surface area contributed by atoms with Gasteiger partial charge in [-0.1, -0.05) is 13.2 Å². The highest BCUT2D eigenvalue weighted by Crippen LogP contribution is 1.98. The predicted molar refractivity (Wildman–Crippen MR) is 55.2 cm³/mol. The van der Waals surface area contributed by atoms with Gasteiger partial charge in [0, 0.05) is 6.42 Å². The molecule has 4 heteroatoms. The Morgan fingerprint density at radius 2 is 1.60 bits per heavy atom. The molecule has 0 aromatic carbocycles. The van der Waals surface area contributed by atoms with Crippen molar-refractivity contribution in [1.82, 2.24) is 0 Å². The summed E-state index contributed by atoms with van der Waals surface area (Å²) in [5.74, 6) is -1.93. The van der Waals surface area contributed by atoms with Gasteiger partial charge < -0.3 is 4.74 Å². The summed E-state index contributed by atoms with van der Waals surface area (Å²) in [7, 11) is 0. The summed E-state index contributed by atoms with van der Waals surface area (Å²) in [6.45, 7) is 9.65. The molecule has 0 bridgehead atoms. The van der Waals surface area contributed by atoms with Crippen molar-refractivity contribution in [3.8, 4) is 0 Å². The van der Waals surface area contributed by atoms with E-state index in [1.807, 2.05) is 0 Å². The van der Waals surface area contributed by atoms with Gasteiger partial charge in [0.25, 0.3) is 5.78 Å². The molecular formula is C11H14O4. The number of carbonyl (C=O) groups is 3. The van der Waals surface area contributed by atoms with Crippen LogP contribution >= 0.6 is 0 Å². The first kappa shape index (κ1) is 13.3. The molecule has 0 aliphatic heterocycles. The summed E-state index contributed by atoms with van der Waals surface area (Å²) >= 11 is 0. The maximum atomic E-state index is 11.0. The minimum absolute atomic E-state index is 0.0462. The van der Waals surface area contributed by atoms with E-state index in [1.54, 1.807) is 6.92 Å². The molecule has 0 fully saturated rings. The van der Waals surface area contributed by atoms with Crippen LogP contribution in [0.3, 0.4) is 0 Å². The van der Waals surface area contributed by atoms with Gasteiger partial charge >= 0.3 is 5.97 Å². The van der Waals surface area contributed by atoms with Gasteiger partial charge in [0.15, 0.2) is 5.78 Å². The van der Waals surface area contributed by atoms with E-state index in [1.165, 1.54) is 6.92 Å². The van der Waals surface area contributed by atoms with Crippen molar-refractivity contribution < 1.29 is 19.1 Å². The Morgan fingerprint density at radius 1 is 1.07 bits per heavy atom. The molecule has 0 aromatic rings. The van der Waals surface area contributed by atoms with Crippen molar-refractivity contribution in [2.45, 2.75) is 20.3 Å². The second-order valence-corrected chi connectivity index (χ2v) is 3.20. The lowest BCUT2D eigenvalue weighted by molar-refractivity contribution is -0.152. The van der Waals surface area contributed by atoms with Crippen molar-refractivity contribution >= 4 is 17.5 Å². The molecule has 0 spiro atoms. The molecule has 0 saturated carbocycles. The molecule has 0 rings (SSSR count). The van der Waals surface area contributed by atoms with Crippen molar-refractivity contribution in [2.75, 3.05) is 6.61 Å². The summed E-state index contributed by atoms with van der Waals surface area (Å²) in [5.41, 5.74) is 0.517. The Balaban J connectivity index is 3.93. The van der Waals surface area contributed by atoms with E-state index in [9.17, 15) is 14.4 Å². The van der Waals surface area contributed by atoms with E-state index < -0.39 is 11.8 Å². The molecule has 4 nitrogen and oxygen atoms in total. The van der Waals surface area contributed by atoms with Crippen LogP contribution in [-0.2, 0) is 19.1 Å². The third kappa shape index (κ3) is 4.90. The van der Waals surface area contributed by atoms with Gasteiger partial charge in [0.05, 0.1) is 6.61 Å². The maximum Gasteiger partial charge on any atom is 0.379 e. The summed E-state index contributed by atoms with van der Waals surface area (Å²) in [4.78, 5) is 33.0. The highest BCUT2D eigenvalue weighted by atomic mass is 16.5. The number of Topliss-reactive ketones (excluding diaryl/α,β-unsaturated/α-hetero) is 2. The number of carbonyl (C=O) groups excluding carboxylic acids is 3. The summed E-state index contributed by atoms with van der Waals surface area (Å²) in [5, 5.41) is 0. The number of ketones is 2. The molecule has 0 aliphatic rings. The third-order valence-corrected chi connectivity index (χ3v) is 1.61. The standard InChI is InChI=1S/C11H14O4/c1-7(2)9(12)5-6-15-11(14)10(13)8(3)4/h1,3,5-6H2,2,4H3. The first-order valence-corrected chi connectivity index (χ1v) is 4.42. The maximum absolute atomic E-state index is 11.0. The lowest BCUT2D eigenvalue weighted by Gasteiger charge is -2.02. The third-order valence-electron chi connectivity index (χ3n) is 1.61. The second kappa shape index (κ2) is 5.90. The van der Waals surface area contributed by atoms with E-state index in [0.717, 1.165) is 0 Å². The molecule has 0 heterocycles. The van der Waals surface area contributed by atoms with Crippen LogP contribution < -0.4 is 0 Å². The molecule has 0 N–H and O–H groups in total. The van der Waals surface area contributed by atoms with Crippen molar-refractivity contribution in [2.24, 2.45) is 0 Å². The first-order valence-electron chi connectivity index (χ1n) is 4.42. The summed E-state index contributed by atoms with van der Waals surface area (Å²) in [6.07, 6.45) is 0.0462. The zero-order valence-electron chi connectivity index (χ0n) is 8.96. The molecule has 0 unspecified atom stereocenters. The van der Waals surface area contributed by atoms with Crippen LogP contribution in [0.4, 0.5) is 0 Å². The lowest BCUT2D eigenvalue weighted by atomic mass is 10.2. The monoisotopic (exact) mass is 210 g/mol. The van der Waals surface area contributed by atoms with Gasteiger partial charge in [-0.2, -0.15) is 0 Å². The SMILES string of the molecule is C=C(C)C(=O)CCOC(=O)C(=O)C(=C)C. The molecular weight excluding hydrogens is 196 g/mol. The van der Waals surface area contributed by atoms with E-state index in [0.29, 0.717) is 5.57 Å². The van der Waals surface area contributed by atoms with Crippen LogP contribution in [0.2, 0.25) is 0 Å². The van der Waals surface area contributed by atoms with Crippen molar-refractivity contribution in [1.29, 1.82) is 0 Å². The Labute approximate surface area is 88.6 Å². The van der Waals surface area contributed by atoms with Gasteiger partial charge in [0.2, 0.25) is 0 Å². The minimum Gasteiger partial charge on any atom is -0.459 e. The first-order chi connectivity index (χ1) is 6.86. The fourth-order valence-electron chi connectivity index (χ4n) is 0.690. The Hall–Kier alpha value is -1.71. The zero-order valence-corrected chi connectivity index (χ0v) is 8.96. The second-order valence-electron chi connectivity index (χ2n) is 3.20. The van der Waals surface area contributed by atoms with Crippen LogP contribution in [0.1, 0.15) is 20.3 Å². The molecule has 0 amide bonds. The molecule has 0 aliphatic carbocycles. The van der Waals surface area contributed by atoms with E-state index in [-0.39, 0.29) is 24.4 Å². The number of hydrogen-bond donors (Lipinski definition) is 0. The molecule has 0 radical (unpaired) electrons. The van der Waals surface area contributed by atoms with Gasteiger partial charge in [-0.3, -0.25) is 9.59 Å². The zero-order chi connectivity index (χ0) is 12.0. The van der Waals surface area contributed by atoms with Crippen molar-refractivity contribution in [3.05, 3.63) is 24.3 Å². The van der Waals surface area contributed by atoms with E-state index in [2.05, 4.69) is 17.9 Å². The average Bonchev–Trinajstić information content (AvgIpc) is 2.15. The number of hydrogen-bond acceptors (Lipinski definition) is 4. The molecule has 0 aromatic heterocycles. The number of esters is 1. The average molecular weight is 210 g/mol. The molecule has 82 valence electrons. The van der Waals surface area contributed by atoms with Crippen LogP contribution in [0.5, 0.6) is 0 Å². The smallest absolute Gasteiger partial charge is 0.379 e. The summed E-state index contributed by atoms with van der Waals surface area (Å²) < 4.78 is 4.57. The van der Waals surface area contributed by atoms with Gasteiger partial charge in [-0.15, -0.1) is 0 Å². The molecule has 15 heavy (non-hydrogen) atoms. The highest BCUT2D eigenvalue weighted by molar-refractivity contribution is 6.40. The lowest BCUT2D eigenvalue weighted by Crippen LogP contribution is -2.19. The molecule has 0 saturated heterocycles. The predicted octanol–water partition coefficient (Wildman–Crippen LogP) is 1.21. The van der Waals surface area contributed by atoms with Gasteiger partial charge in [0.1, 0.15) is 0 Å². The number of rotatable bonds is 6. The Kier molecular flexibility index (Phi) is 5.23.